The van der Waals surface area contributed by atoms with Crippen molar-refractivity contribution in [1.82, 2.24) is 19.6 Å². The van der Waals surface area contributed by atoms with Gasteiger partial charge in [0.2, 0.25) is 0 Å². The van der Waals surface area contributed by atoms with Crippen LogP contribution in [0.5, 0.6) is 5.75 Å². The Morgan fingerprint density at radius 1 is 0.962 bits per heavy atom. The number of rotatable bonds is 7. The van der Waals surface area contributed by atoms with E-state index in [2.05, 4.69) is 14.9 Å². The highest BCUT2D eigenvalue weighted by Crippen LogP contribution is 2.14. The molecule has 1 aromatic heterocycles. The predicted octanol–water partition coefficient (Wildman–Crippen LogP) is 2.25. The molecule has 0 atom stereocenters. The van der Waals surface area contributed by atoms with Crippen molar-refractivity contribution in [3.8, 4) is 5.75 Å². The van der Waals surface area contributed by atoms with E-state index in [4.69, 9.17) is 27.9 Å². The number of ether oxygens (including phenoxy) is 1. The van der Waals surface area contributed by atoms with Crippen LogP contribution >= 0.6 is 23.2 Å². The van der Waals surface area contributed by atoms with E-state index in [0.29, 0.717) is 13.2 Å². The Balaban J connectivity index is 1.37. The summed E-state index contributed by atoms with van der Waals surface area (Å²) in [6, 6.07) is 9.87. The summed E-state index contributed by atoms with van der Waals surface area (Å²) in [7, 11) is 0. The molecule has 0 saturated carbocycles. The second kappa shape index (κ2) is 9.37. The van der Waals surface area contributed by atoms with Crippen molar-refractivity contribution in [3.05, 3.63) is 56.9 Å². The highest BCUT2D eigenvalue weighted by Gasteiger charge is 2.17. The maximum atomic E-state index is 12.0. The van der Waals surface area contributed by atoms with Gasteiger partial charge in [0.15, 0.2) is 0 Å². The molecule has 0 unspecified atom stereocenters. The van der Waals surface area contributed by atoms with E-state index < -0.39 is 0 Å². The lowest BCUT2D eigenvalue weighted by molar-refractivity contribution is 0.113. The number of para-hydroxylation sites is 1. The largest absolute Gasteiger partial charge is 0.492 e. The van der Waals surface area contributed by atoms with Crippen LogP contribution in [-0.4, -0.2) is 65.5 Å². The Labute approximate surface area is 162 Å². The normalized spacial score (nSPS) is 15.9. The van der Waals surface area contributed by atoms with Crippen LogP contribution in [0.3, 0.4) is 0 Å². The van der Waals surface area contributed by atoms with Crippen LogP contribution in [0.4, 0.5) is 0 Å². The van der Waals surface area contributed by atoms with Crippen molar-refractivity contribution in [2.75, 3.05) is 45.9 Å². The van der Waals surface area contributed by atoms with E-state index in [1.807, 2.05) is 30.3 Å². The van der Waals surface area contributed by atoms with Gasteiger partial charge in [0.05, 0.1) is 17.8 Å². The third kappa shape index (κ3) is 5.20. The average Bonchev–Trinajstić information content (AvgIpc) is 2.67. The minimum absolute atomic E-state index is 0.0323. The molecule has 0 spiro atoms. The molecule has 140 valence electrons. The molecule has 1 aromatic carbocycles. The summed E-state index contributed by atoms with van der Waals surface area (Å²) in [6.45, 7) is 6.77. The van der Waals surface area contributed by atoms with Gasteiger partial charge in [-0.3, -0.25) is 14.6 Å². The number of nitrogens with zero attached hydrogens (tertiary/aromatic N) is 4. The van der Waals surface area contributed by atoms with Gasteiger partial charge in [0, 0.05) is 39.3 Å². The summed E-state index contributed by atoms with van der Waals surface area (Å²) in [4.78, 5) is 16.7. The summed E-state index contributed by atoms with van der Waals surface area (Å²) in [5, 5.41) is 4.27. The van der Waals surface area contributed by atoms with Crippen molar-refractivity contribution in [1.29, 1.82) is 0 Å². The summed E-state index contributed by atoms with van der Waals surface area (Å²) in [5.74, 6) is 0.908. The minimum Gasteiger partial charge on any atom is -0.492 e. The van der Waals surface area contributed by atoms with E-state index in [0.717, 1.165) is 45.0 Å². The van der Waals surface area contributed by atoms with Gasteiger partial charge >= 0.3 is 0 Å². The number of hydrogen-bond acceptors (Lipinski definition) is 5. The molecule has 2 aromatic rings. The molecule has 3 rings (SSSR count). The monoisotopic (exact) mass is 396 g/mol. The van der Waals surface area contributed by atoms with E-state index >= 15 is 0 Å². The van der Waals surface area contributed by atoms with Gasteiger partial charge in [0.1, 0.15) is 17.4 Å². The van der Waals surface area contributed by atoms with E-state index in [1.165, 1.54) is 10.9 Å². The first kappa shape index (κ1) is 19.2. The third-order valence-corrected chi connectivity index (χ3v) is 5.20. The quantitative estimate of drug-likeness (QED) is 0.718. The summed E-state index contributed by atoms with van der Waals surface area (Å²) in [6.07, 6.45) is 1.41. The average molecular weight is 397 g/mol. The SMILES string of the molecule is O=c1c(Cl)c(Cl)cnn1CCN1CCN(CCOc2ccccc2)CC1. The molecule has 0 bridgehead atoms. The van der Waals surface area contributed by atoms with Crippen molar-refractivity contribution in [2.45, 2.75) is 6.54 Å². The molecule has 0 amide bonds. The van der Waals surface area contributed by atoms with Gasteiger partial charge in [-0.15, -0.1) is 0 Å². The van der Waals surface area contributed by atoms with Crippen molar-refractivity contribution in [3.63, 3.8) is 0 Å². The topological polar surface area (TPSA) is 50.6 Å². The van der Waals surface area contributed by atoms with Gasteiger partial charge < -0.3 is 4.74 Å². The second-order valence-corrected chi connectivity index (χ2v) is 6.96. The van der Waals surface area contributed by atoms with Crippen molar-refractivity contribution < 1.29 is 4.74 Å². The summed E-state index contributed by atoms with van der Waals surface area (Å²) in [5.41, 5.74) is -0.337. The van der Waals surface area contributed by atoms with Gasteiger partial charge in [-0.05, 0) is 12.1 Å². The van der Waals surface area contributed by atoms with Crippen LogP contribution in [0.2, 0.25) is 10.0 Å². The van der Waals surface area contributed by atoms with Crippen LogP contribution in [-0.2, 0) is 6.54 Å². The molecule has 0 N–H and O–H groups in total. The zero-order valence-corrected chi connectivity index (χ0v) is 16.0. The maximum Gasteiger partial charge on any atom is 0.287 e. The number of hydrogen-bond donors (Lipinski definition) is 0. The van der Waals surface area contributed by atoms with Gasteiger partial charge in [0.25, 0.3) is 5.56 Å². The molecular weight excluding hydrogens is 375 g/mol. The Hall–Kier alpha value is -1.60. The van der Waals surface area contributed by atoms with Crippen LogP contribution in [0.25, 0.3) is 0 Å². The second-order valence-electron chi connectivity index (χ2n) is 6.18. The fraction of sp³-hybridized carbons (Fsp3) is 0.444. The minimum atomic E-state index is -0.337. The van der Waals surface area contributed by atoms with Crippen LogP contribution in [0, 0.1) is 0 Å². The molecule has 1 saturated heterocycles. The first-order chi connectivity index (χ1) is 12.6. The maximum absolute atomic E-state index is 12.0. The number of aromatic nitrogens is 2. The lowest BCUT2D eigenvalue weighted by Gasteiger charge is -2.34. The number of piperazine rings is 1. The fourth-order valence-electron chi connectivity index (χ4n) is 2.89. The Kier molecular flexibility index (Phi) is 6.91. The Morgan fingerprint density at radius 3 is 2.31 bits per heavy atom. The molecule has 2 heterocycles. The van der Waals surface area contributed by atoms with Crippen LogP contribution in [0.1, 0.15) is 0 Å². The Bertz CT molecular complexity index is 762. The standard InChI is InChI=1S/C18H22Cl2N4O2/c19-16-14-21-24(18(25)17(16)20)11-10-22-6-8-23(9-7-22)12-13-26-15-4-2-1-3-5-15/h1-5,14H,6-13H2. The lowest BCUT2D eigenvalue weighted by Crippen LogP contribution is -2.48. The zero-order valence-electron chi connectivity index (χ0n) is 14.5. The van der Waals surface area contributed by atoms with Gasteiger partial charge in [-0.1, -0.05) is 41.4 Å². The first-order valence-electron chi connectivity index (χ1n) is 8.67. The molecular formula is C18H22Cl2N4O2. The number of halogens is 2. The molecule has 1 fully saturated rings. The lowest BCUT2D eigenvalue weighted by atomic mass is 10.3. The van der Waals surface area contributed by atoms with Gasteiger partial charge in [-0.25, -0.2) is 4.68 Å². The third-order valence-electron chi connectivity index (χ3n) is 4.45. The summed E-state index contributed by atoms with van der Waals surface area (Å²) >= 11 is 11.7. The molecule has 0 radical (unpaired) electrons. The highest BCUT2D eigenvalue weighted by molar-refractivity contribution is 6.41. The van der Waals surface area contributed by atoms with E-state index in [1.54, 1.807) is 0 Å². The Morgan fingerprint density at radius 2 is 1.62 bits per heavy atom. The van der Waals surface area contributed by atoms with Crippen LogP contribution in [0.15, 0.2) is 41.3 Å². The van der Waals surface area contributed by atoms with Gasteiger partial charge in [-0.2, -0.15) is 5.10 Å². The molecule has 8 heteroatoms. The first-order valence-corrected chi connectivity index (χ1v) is 9.43. The molecule has 0 aliphatic carbocycles. The smallest absolute Gasteiger partial charge is 0.287 e. The molecule has 1 aliphatic heterocycles. The van der Waals surface area contributed by atoms with E-state index in [-0.39, 0.29) is 15.6 Å². The fourth-order valence-corrected chi connectivity index (χ4v) is 3.16. The molecule has 6 nitrogen and oxygen atoms in total. The highest BCUT2D eigenvalue weighted by atomic mass is 35.5. The summed E-state index contributed by atoms with van der Waals surface area (Å²) < 4.78 is 7.12. The molecule has 26 heavy (non-hydrogen) atoms. The van der Waals surface area contributed by atoms with Crippen molar-refractivity contribution >= 4 is 23.2 Å². The predicted molar refractivity (Wildman–Crippen MR) is 103 cm³/mol. The molecule has 1 aliphatic rings. The van der Waals surface area contributed by atoms with Crippen molar-refractivity contribution in [2.24, 2.45) is 0 Å². The van der Waals surface area contributed by atoms with E-state index in [9.17, 15) is 4.79 Å². The van der Waals surface area contributed by atoms with Crippen LogP contribution < -0.4 is 10.3 Å². The zero-order chi connectivity index (χ0) is 18.4. The number of benzene rings is 1.